The number of hydrazine groups is 1. The molecule has 0 bridgehead atoms. The molecular weight excluding hydrogens is 266 g/mol. The topological polar surface area (TPSA) is 146 Å². The van der Waals surface area contributed by atoms with Crippen molar-refractivity contribution in [2.24, 2.45) is 5.84 Å². The fraction of sp³-hybridized carbons (Fsp3) is 0.636. The number of aliphatic hydroxyl groups is 3. The van der Waals surface area contributed by atoms with Gasteiger partial charge in [-0.1, -0.05) is 0 Å². The lowest BCUT2D eigenvalue weighted by Gasteiger charge is -2.29. The Morgan fingerprint density at radius 1 is 1.20 bits per heavy atom. The van der Waals surface area contributed by atoms with Crippen LogP contribution in [0, 0.1) is 0 Å². The third-order valence-electron chi connectivity index (χ3n) is 2.66. The fourth-order valence-electron chi connectivity index (χ4n) is 1.43. The molecule has 1 aromatic heterocycles. The van der Waals surface area contributed by atoms with E-state index in [4.69, 9.17) is 10.6 Å². The smallest absolute Gasteiger partial charge is 0.158 e. The highest BCUT2D eigenvalue weighted by Crippen LogP contribution is 2.16. The molecule has 0 saturated heterocycles. The lowest BCUT2D eigenvalue weighted by molar-refractivity contribution is 0.0830. The summed E-state index contributed by atoms with van der Waals surface area (Å²) in [4.78, 5) is 8.27. The van der Waals surface area contributed by atoms with Crippen LogP contribution in [-0.2, 0) is 11.3 Å². The molecule has 0 spiro atoms. The molecule has 1 rings (SSSR count). The Kier molecular flexibility index (Phi) is 6.55. The summed E-state index contributed by atoms with van der Waals surface area (Å²) < 4.78 is 5.21. The summed E-state index contributed by atoms with van der Waals surface area (Å²) in [6.45, 7) is 1.17. The Morgan fingerprint density at radius 2 is 1.80 bits per heavy atom. The van der Waals surface area contributed by atoms with Crippen molar-refractivity contribution in [3.63, 3.8) is 0 Å². The van der Waals surface area contributed by atoms with Crippen LogP contribution in [0.15, 0.2) is 6.07 Å². The SMILES string of the molecule is CCOCc1nc(NN)cc(NC(CO)(CO)CO)n1. The van der Waals surface area contributed by atoms with Gasteiger partial charge in [-0.2, -0.15) is 0 Å². The second kappa shape index (κ2) is 7.92. The number of hydrogen-bond donors (Lipinski definition) is 6. The Hall–Kier alpha value is -1.52. The summed E-state index contributed by atoms with van der Waals surface area (Å²) in [6.07, 6.45) is 0. The zero-order valence-corrected chi connectivity index (χ0v) is 11.3. The molecule has 1 aromatic rings. The van der Waals surface area contributed by atoms with E-state index in [0.717, 1.165) is 0 Å². The number of nitrogen functional groups attached to an aromatic ring is 1. The third kappa shape index (κ3) is 4.25. The molecule has 0 aliphatic rings. The molecule has 0 aliphatic heterocycles. The van der Waals surface area contributed by atoms with Gasteiger partial charge in [0, 0.05) is 12.7 Å². The van der Waals surface area contributed by atoms with E-state index in [1.54, 1.807) is 0 Å². The van der Waals surface area contributed by atoms with Crippen molar-refractivity contribution in [2.75, 3.05) is 37.2 Å². The summed E-state index contributed by atoms with van der Waals surface area (Å²) in [5.74, 6) is 6.35. The van der Waals surface area contributed by atoms with Gasteiger partial charge < -0.3 is 30.8 Å². The van der Waals surface area contributed by atoms with Crippen molar-refractivity contribution in [3.8, 4) is 0 Å². The molecule has 0 saturated carbocycles. The molecule has 0 aromatic carbocycles. The highest BCUT2D eigenvalue weighted by atomic mass is 16.5. The number of ether oxygens (including phenoxy) is 1. The van der Waals surface area contributed by atoms with Crippen molar-refractivity contribution in [2.45, 2.75) is 19.1 Å². The molecule has 0 radical (unpaired) electrons. The standard InChI is InChI=1S/C11H21N5O4/c1-2-20-4-10-13-8(3-9(14-10)16-12)15-11(5-17,6-18)7-19/h3,17-19H,2,4-7,12H2,1H3,(H2,13,14,15,16). The lowest BCUT2D eigenvalue weighted by Crippen LogP contribution is -2.49. The zero-order valence-electron chi connectivity index (χ0n) is 11.3. The number of hydrogen-bond acceptors (Lipinski definition) is 9. The van der Waals surface area contributed by atoms with Gasteiger partial charge in [-0.05, 0) is 6.92 Å². The van der Waals surface area contributed by atoms with Crippen molar-refractivity contribution >= 4 is 11.6 Å². The number of nitrogens with zero attached hydrogens (tertiary/aromatic N) is 2. The van der Waals surface area contributed by atoms with Gasteiger partial charge in [0.2, 0.25) is 0 Å². The Bertz CT molecular complexity index is 406. The summed E-state index contributed by atoms with van der Waals surface area (Å²) in [6, 6.07) is 1.49. The molecule has 9 heteroatoms. The van der Waals surface area contributed by atoms with E-state index in [1.807, 2.05) is 6.92 Å². The van der Waals surface area contributed by atoms with Crippen LogP contribution in [0.4, 0.5) is 11.6 Å². The number of anilines is 2. The van der Waals surface area contributed by atoms with Gasteiger partial charge in [0.1, 0.15) is 23.8 Å². The van der Waals surface area contributed by atoms with Crippen LogP contribution >= 0.6 is 0 Å². The highest BCUT2D eigenvalue weighted by molar-refractivity contribution is 5.48. The second-order valence-corrected chi connectivity index (χ2v) is 4.22. The largest absolute Gasteiger partial charge is 0.394 e. The zero-order chi connectivity index (χ0) is 15.0. The minimum Gasteiger partial charge on any atom is -0.394 e. The minimum absolute atomic E-state index is 0.199. The maximum Gasteiger partial charge on any atom is 0.158 e. The molecule has 9 nitrogen and oxygen atoms in total. The predicted octanol–water partition coefficient (Wildman–Crippen LogP) is -1.57. The molecule has 0 aliphatic carbocycles. The highest BCUT2D eigenvalue weighted by Gasteiger charge is 2.28. The molecule has 7 N–H and O–H groups in total. The average molecular weight is 287 g/mol. The van der Waals surface area contributed by atoms with E-state index < -0.39 is 25.4 Å². The normalized spacial score (nSPS) is 11.4. The van der Waals surface area contributed by atoms with Crippen molar-refractivity contribution < 1.29 is 20.1 Å². The average Bonchev–Trinajstić information content (AvgIpc) is 2.50. The maximum absolute atomic E-state index is 9.28. The summed E-state index contributed by atoms with van der Waals surface area (Å²) in [5, 5.41) is 30.6. The van der Waals surface area contributed by atoms with Gasteiger partial charge in [0.05, 0.1) is 19.8 Å². The van der Waals surface area contributed by atoms with Crippen LogP contribution in [0.2, 0.25) is 0 Å². The monoisotopic (exact) mass is 287 g/mol. The minimum atomic E-state index is -1.27. The van der Waals surface area contributed by atoms with E-state index >= 15 is 0 Å². The molecule has 114 valence electrons. The molecule has 0 amide bonds. The van der Waals surface area contributed by atoms with E-state index in [2.05, 4.69) is 20.7 Å². The number of aromatic nitrogens is 2. The molecule has 0 atom stereocenters. The van der Waals surface area contributed by atoms with Crippen LogP contribution in [0.25, 0.3) is 0 Å². The molecule has 0 unspecified atom stereocenters. The van der Waals surface area contributed by atoms with Crippen LogP contribution in [0.5, 0.6) is 0 Å². The first kappa shape index (κ1) is 16.5. The maximum atomic E-state index is 9.28. The first-order valence-corrected chi connectivity index (χ1v) is 6.16. The summed E-state index contributed by atoms with van der Waals surface area (Å²) in [7, 11) is 0. The predicted molar refractivity (Wildman–Crippen MR) is 72.8 cm³/mol. The Labute approximate surface area is 116 Å². The third-order valence-corrected chi connectivity index (χ3v) is 2.66. The molecule has 0 fully saturated rings. The van der Waals surface area contributed by atoms with Crippen LogP contribution in [0.1, 0.15) is 12.7 Å². The molecule has 1 heterocycles. The Morgan fingerprint density at radius 3 is 2.30 bits per heavy atom. The van der Waals surface area contributed by atoms with Gasteiger partial charge in [-0.25, -0.2) is 15.8 Å². The first-order chi connectivity index (χ1) is 9.62. The van der Waals surface area contributed by atoms with E-state index in [0.29, 0.717) is 24.1 Å². The molecular formula is C11H21N5O4. The van der Waals surface area contributed by atoms with Gasteiger partial charge in [-0.15, -0.1) is 0 Å². The Balaban J connectivity index is 2.98. The summed E-state index contributed by atoms with van der Waals surface area (Å²) in [5.41, 5.74) is 1.12. The van der Waals surface area contributed by atoms with E-state index in [9.17, 15) is 15.3 Å². The first-order valence-electron chi connectivity index (χ1n) is 6.16. The van der Waals surface area contributed by atoms with E-state index in [1.165, 1.54) is 6.07 Å². The van der Waals surface area contributed by atoms with Crippen molar-refractivity contribution in [1.82, 2.24) is 9.97 Å². The number of nitrogens with two attached hydrogens (primary N) is 1. The van der Waals surface area contributed by atoms with Crippen LogP contribution in [0.3, 0.4) is 0 Å². The van der Waals surface area contributed by atoms with Crippen LogP contribution in [-0.4, -0.2) is 57.3 Å². The number of nitrogens with one attached hydrogen (secondary N) is 2. The van der Waals surface area contributed by atoms with Gasteiger partial charge in [0.25, 0.3) is 0 Å². The summed E-state index contributed by atoms with van der Waals surface area (Å²) >= 11 is 0. The van der Waals surface area contributed by atoms with Gasteiger partial charge >= 0.3 is 0 Å². The van der Waals surface area contributed by atoms with Crippen LogP contribution < -0.4 is 16.6 Å². The van der Waals surface area contributed by atoms with E-state index in [-0.39, 0.29) is 6.61 Å². The fourth-order valence-corrected chi connectivity index (χ4v) is 1.43. The lowest BCUT2D eigenvalue weighted by atomic mass is 10.0. The van der Waals surface area contributed by atoms with Gasteiger partial charge in [-0.3, -0.25) is 0 Å². The second-order valence-electron chi connectivity index (χ2n) is 4.22. The quantitative estimate of drug-likeness (QED) is 0.234. The van der Waals surface area contributed by atoms with Crippen molar-refractivity contribution in [3.05, 3.63) is 11.9 Å². The number of rotatable bonds is 9. The number of aliphatic hydroxyl groups excluding tert-OH is 3. The molecule has 20 heavy (non-hydrogen) atoms. The van der Waals surface area contributed by atoms with Gasteiger partial charge in [0.15, 0.2) is 5.82 Å². The van der Waals surface area contributed by atoms with Crippen molar-refractivity contribution in [1.29, 1.82) is 0 Å².